The van der Waals surface area contributed by atoms with Crippen LogP contribution in [0.2, 0.25) is 0 Å². The molecule has 1 aliphatic rings. The van der Waals surface area contributed by atoms with Gasteiger partial charge in [-0.25, -0.2) is 9.59 Å². The molecule has 7 rings (SSSR count). The molecule has 0 spiro atoms. The summed E-state index contributed by atoms with van der Waals surface area (Å²) in [6.45, 7) is -0.469. The second-order valence-electron chi connectivity index (χ2n) is 10.9. The number of carbonyl (C=O) groups excluding carboxylic acids is 1. The zero-order valence-corrected chi connectivity index (χ0v) is 23.8. The van der Waals surface area contributed by atoms with Gasteiger partial charge in [0.15, 0.2) is 12.3 Å². The van der Waals surface area contributed by atoms with E-state index in [1.54, 1.807) is 0 Å². The predicted octanol–water partition coefficient (Wildman–Crippen LogP) is 3.38. The van der Waals surface area contributed by atoms with Gasteiger partial charge >= 0.3 is 11.8 Å². The molecule has 10 nitrogen and oxygen atoms in total. The molecule has 4 N–H and O–H groups in total. The number of amides is 1. The average Bonchev–Trinajstić information content (AvgIpc) is 3.36. The molecule has 1 amide bonds. The first-order valence-corrected chi connectivity index (χ1v) is 14.4. The molecule has 5 aromatic carbocycles. The van der Waals surface area contributed by atoms with Crippen LogP contribution in [0.1, 0.15) is 22.9 Å². The normalized spacial score (nSPS) is 19.5. The van der Waals surface area contributed by atoms with E-state index in [4.69, 9.17) is 9.47 Å². The number of aromatic nitrogens is 2. The number of alkyl carbamates (subject to hydrolysis) is 1. The van der Waals surface area contributed by atoms with Gasteiger partial charge in [0.1, 0.15) is 12.2 Å². The molecule has 0 saturated carbocycles. The van der Waals surface area contributed by atoms with Gasteiger partial charge in [0, 0.05) is 29.9 Å². The lowest BCUT2D eigenvalue weighted by Gasteiger charge is -2.22. The van der Waals surface area contributed by atoms with Gasteiger partial charge < -0.3 is 25.0 Å². The monoisotopic (exact) mass is 601 g/mol. The van der Waals surface area contributed by atoms with E-state index < -0.39 is 48.5 Å². The minimum absolute atomic E-state index is 0.101. The molecule has 45 heavy (non-hydrogen) atoms. The predicted molar refractivity (Wildman–Crippen MR) is 168 cm³/mol. The van der Waals surface area contributed by atoms with E-state index in [2.05, 4.69) is 70.7 Å². The zero-order chi connectivity index (χ0) is 31.1. The number of H-pyrrole nitrogens is 1. The van der Waals surface area contributed by atoms with Gasteiger partial charge in [0.2, 0.25) is 0 Å². The maximum absolute atomic E-state index is 12.8. The fraction of sp³-hybridized carbons (Fsp3) is 0.171. The summed E-state index contributed by atoms with van der Waals surface area (Å²) in [6, 6.07) is 27.5. The Morgan fingerprint density at radius 3 is 2.44 bits per heavy atom. The Morgan fingerprint density at radius 2 is 1.67 bits per heavy atom. The topological polar surface area (TPSA) is 143 Å². The standard InChI is InChI=1S/C35H27N3O7/c39-19-27-31(41)32(33(44-27)38-16-15-28(40)37-34(38)42)45-35(43)36-18-21-4-1-3-20(17-21)7-8-22-9-10-25-12-11-23-5-2-6-24-13-14-26(22)30(25)29(23)24/h1-6,9-17,27,31-33,39,41H,18-19H2,(H,36,43)(H,37,40,42)/t27-,31-,32+,33-/m1/s1. The molecule has 6 aromatic rings. The van der Waals surface area contributed by atoms with Gasteiger partial charge in [0.25, 0.3) is 5.56 Å². The van der Waals surface area contributed by atoms with Crippen molar-refractivity contribution in [3.05, 3.63) is 129 Å². The van der Waals surface area contributed by atoms with E-state index in [0.717, 1.165) is 32.7 Å². The van der Waals surface area contributed by atoms with Crippen molar-refractivity contribution >= 4 is 38.4 Å². The Hall–Kier alpha value is -5.47. The quantitative estimate of drug-likeness (QED) is 0.175. The number of rotatable bonds is 5. The first kappa shape index (κ1) is 28.3. The molecule has 4 atom stereocenters. The lowest BCUT2D eigenvalue weighted by atomic mass is 9.92. The number of hydrogen-bond donors (Lipinski definition) is 4. The van der Waals surface area contributed by atoms with Gasteiger partial charge in [0.05, 0.1) is 6.61 Å². The number of benzene rings is 5. The van der Waals surface area contributed by atoms with Crippen molar-refractivity contribution in [3.63, 3.8) is 0 Å². The summed E-state index contributed by atoms with van der Waals surface area (Å²) in [6.07, 6.45) is -4.80. The molecule has 10 heteroatoms. The lowest BCUT2D eigenvalue weighted by molar-refractivity contribution is -0.0569. The van der Waals surface area contributed by atoms with E-state index in [-0.39, 0.29) is 6.54 Å². The first-order valence-electron chi connectivity index (χ1n) is 14.4. The van der Waals surface area contributed by atoms with Gasteiger partial charge in [-0.2, -0.15) is 0 Å². The van der Waals surface area contributed by atoms with Gasteiger partial charge in [-0.3, -0.25) is 14.3 Å². The summed E-state index contributed by atoms with van der Waals surface area (Å²) in [5.74, 6) is 6.57. The second-order valence-corrected chi connectivity index (χ2v) is 10.9. The maximum atomic E-state index is 12.8. The Kier molecular flexibility index (Phi) is 7.27. The number of aromatic amines is 1. The van der Waals surface area contributed by atoms with Crippen LogP contribution < -0.4 is 16.6 Å². The van der Waals surface area contributed by atoms with Crippen molar-refractivity contribution in [2.45, 2.75) is 31.1 Å². The van der Waals surface area contributed by atoms with Crippen molar-refractivity contribution in [1.29, 1.82) is 0 Å². The molecule has 1 aliphatic heterocycles. The fourth-order valence-corrected chi connectivity index (χ4v) is 5.93. The number of aliphatic hydroxyl groups excluding tert-OH is 2. The number of carbonyl (C=O) groups is 1. The van der Waals surface area contributed by atoms with Crippen molar-refractivity contribution in [3.8, 4) is 11.8 Å². The van der Waals surface area contributed by atoms with Crippen LogP contribution in [0.3, 0.4) is 0 Å². The van der Waals surface area contributed by atoms with E-state index in [1.807, 2.05) is 30.3 Å². The van der Waals surface area contributed by atoms with E-state index in [9.17, 15) is 24.6 Å². The summed E-state index contributed by atoms with van der Waals surface area (Å²) < 4.78 is 12.0. The molecule has 0 aliphatic carbocycles. The number of nitrogens with one attached hydrogen (secondary N) is 2. The van der Waals surface area contributed by atoms with Crippen LogP contribution in [-0.2, 0) is 16.0 Å². The van der Waals surface area contributed by atoms with Gasteiger partial charge in [-0.15, -0.1) is 0 Å². The smallest absolute Gasteiger partial charge is 0.407 e. The first-order chi connectivity index (χ1) is 21.9. The van der Waals surface area contributed by atoms with Crippen LogP contribution in [0, 0.1) is 11.8 Å². The highest BCUT2D eigenvalue weighted by Gasteiger charge is 2.47. The Balaban J connectivity index is 1.07. The summed E-state index contributed by atoms with van der Waals surface area (Å²) in [5, 5.41) is 29.9. The summed E-state index contributed by atoms with van der Waals surface area (Å²) in [4.78, 5) is 38.6. The highest BCUT2D eigenvalue weighted by Crippen LogP contribution is 2.36. The third kappa shape index (κ3) is 5.30. The van der Waals surface area contributed by atoms with E-state index in [1.165, 1.54) is 33.1 Å². The number of hydrogen-bond acceptors (Lipinski definition) is 7. The van der Waals surface area contributed by atoms with Crippen molar-refractivity contribution in [2.24, 2.45) is 0 Å². The van der Waals surface area contributed by atoms with E-state index in [0.29, 0.717) is 0 Å². The van der Waals surface area contributed by atoms with Crippen molar-refractivity contribution < 1.29 is 24.5 Å². The maximum Gasteiger partial charge on any atom is 0.407 e. The summed E-state index contributed by atoms with van der Waals surface area (Å²) in [5.41, 5.74) is 1.01. The fourth-order valence-electron chi connectivity index (χ4n) is 5.93. The Morgan fingerprint density at radius 1 is 0.933 bits per heavy atom. The Bertz CT molecular complexity index is 2230. The third-order valence-electron chi connectivity index (χ3n) is 8.10. The zero-order valence-electron chi connectivity index (χ0n) is 23.8. The summed E-state index contributed by atoms with van der Waals surface area (Å²) >= 11 is 0. The largest absolute Gasteiger partial charge is 0.438 e. The number of aliphatic hydroxyl groups is 2. The number of nitrogens with zero attached hydrogens (tertiary/aromatic N) is 1. The SMILES string of the molecule is O=C(NCc1cccc(C#Cc2ccc3ccc4cccc5ccc2c3c45)c1)O[C@H]1[C@H](O)[C@@H](CO)O[C@H]1n1ccc(=O)[nH]c1=O. The average molecular weight is 602 g/mol. The molecular formula is C35H27N3O7. The minimum Gasteiger partial charge on any atom is -0.438 e. The lowest BCUT2D eigenvalue weighted by Crippen LogP contribution is -2.42. The van der Waals surface area contributed by atoms with E-state index >= 15 is 0 Å². The van der Waals surface area contributed by atoms with Crippen LogP contribution in [0.15, 0.2) is 101 Å². The minimum atomic E-state index is -1.41. The highest BCUT2D eigenvalue weighted by atomic mass is 16.6. The second kappa shape index (κ2) is 11.6. The highest BCUT2D eigenvalue weighted by molar-refractivity contribution is 6.23. The molecule has 1 fully saturated rings. The van der Waals surface area contributed by atoms with Crippen LogP contribution in [0.25, 0.3) is 32.3 Å². The van der Waals surface area contributed by atoms with Crippen LogP contribution >= 0.6 is 0 Å². The summed E-state index contributed by atoms with van der Waals surface area (Å²) in [7, 11) is 0. The van der Waals surface area contributed by atoms with Gasteiger partial charge in [-0.1, -0.05) is 72.5 Å². The molecule has 2 heterocycles. The van der Waals surface area contributed by atoms with Crippen molar-refractivity contribution in [2.75, 3.05) is 6.61 Å². The number of ether oxygens (including phenoxy) is 2. The van der Waals surface area contributed by atoms with Crippen molar-refractivity contribution in [1.82, 2.24) is 14.9 Å². The molecule has 0 bridgehead atoms. The Labute approximate surface area is 255 Å². The van der Waals surface area contributed by atoms with Crippen LogP contribution in [0.5, 0.6) is 0 Å². The molecule has 1 aromatic heterocycles. The molecule has 1 saturated heterocycles. The van der Waals surface area contributed by atoms with Crippen LogP contribution in [0.4, 0.5) is 4.79 Å². The van der Waals surface area contributed by atoms with Crippen LogP contribution in [-0.4, -0.2) is 50.8 Å². The van der Waals surface area contributed by atoms with Gasteiger partial charge in [-0.05, 0) is 56.1 Å². The molecular weight excluding hydrogens is 574 g/mol. The molecule has 224 valence electrons. The molecule has 0 radical (unpaired) electrons. The third-order valence-corrected chi connectivity index (χ3v) is 8.10. The molecule has 0 unspecified atom stereocenters.